The van der Waals surface area contributed by atoms with Crippen molar-refractivity contribution in [2.45, 2.75) is 77.1 Å². The van der Waals surface area contributed by atoms with Gasteiger partial charge in [-0.25, -0.2) is 19.1 Å². The van der Waals surface area contributed by atoms with E-state index >= 15 is 0 Å². The van der Waals surface area contributed by atoms with Gasteiger partial charge in [-0.1, -0.05) is 13.8 Å². The zero-order valence-corrected chi connectivity index (χ0v) is 22.0. The molecule has 3 heterocycles. The summed E-state index contributed by atoms with van der Waals surface area (Å²) < 4.78 is 23.1. The van der Waals surface area contributed by atoms with Crippen molar-refractivity contribution in [1.82, 2.24) is 19.9 Å². The molecule has 1 saturated heterocycles. The van der Waals surface area contributed by atoms with Crippen LogP contribution >= 0.6 is 0 Å². The van der Waals surface area contributed by atoms with Crippen LogP contribution in [0.15, 0.2) is 18.5 Å². The van der Waals surface area contributed by atoms with E-state index < -0.39 is 60.2 Å². The van der Waals surface area contributed by atoms with Gasteiger partial charge in [-0.3, -0.25) is 4.79 Å². The largest absolute Gasteiger partial charge is 0.461 e. The molecular formula is C24H32N6O8. The summed E-state index contributed by atoms with van der Waals surface area (Å²) >= 11 is 0. The molecule has 0 unspecified atom stereocenters. The number of fused-ring (bicyclic) bond motifs is 1. The Balaban J connectivity index is 1.85. The molecule has 14 heteroatoms. The van der Waals surface area contributed by atoms with Gasteiger partial charge in [0.15, 0.2) is 11.9 Å². The van der Waals surface area contributed by atoms with Crippen molar-refractivity contribution in [1.29, 1.82) is 5.26 Å². The van der Waals surface area contributed by atoms with Crippen molar-refractivity contribution < 1.29 is 38.4 Å². The number of hydrogen-bond donors (Lipinski definition) is 3. The van der Waals surface area contributed by atoms with Gasteiger partial charge >= 0.3 is 18.0 Å². The Morgan fingerprint density at radius 1 is 1.34 bits per heavy atom. The first-order valence-electron chi connectivity index (χ1n) is 11.9. The molecule has 0 spiro atoms. The van der Waals surface area contributed by atoms with E-state index in [0.29, 0.717) is 5.52 Å². The second-order valence-electron chi connectivity index (χ2n) is 10.2. The summed E-state index contributed by atoms with van der Waals surface area (Å²) in [5.41, 5.74) is 3.52. The van der Waals surface area contributed by atoms with Crippen LogP contribution in [0.4, 0.5) is 10.6 Å². The zero-order chi connectivity index (χ0) is 28.4. The number of carbonyl (C=O) groups is 3. The second-order valence-corrected chi connectivity index (χ2v) is 10.2. The van der Waals surface area contributed by atoms with E-state index in [9.17, 15) is 24.8 Å². The molecule has 3 rings (SSSR count). The number of ether oxygens (including phenoxy) is 4. The summed E-state index contributed by atoms with van der Waals surface area (Å²) in [5, 5.41) is 27.9. The molecule has 0 aromatic carbocycles. The lowest BCUT2D eigenvalue weighted by molar-refractivity contribution is -0.160. The van der Waals surface area contributed by atoms with Crippen LogP contribution in [0.5, 0.6) is 0 Å². The van der Waals surface area contributed by atoms with Gasteiger partial charge in [-0.05, 0) is 38.8 Å². The lowest BCUT2D eigenvalue weighted by Crippen LogP contribution is -2.48. The molecule has 4 N–H and O–H groups in total. The summed E-state index contributed by atoms with van der Waals surface area (Å²) in [7, 11) is 0. The van der Waals surface area contributed by atoms with Gasteiger partial charge in [0.1, 0.15) is 48.4 Å². The van der Waals surface area contributed by atoms with Gasteiger partial charge in [-0.15, -0.1) is 0 Å². The molecule has 0 radical (unpaired) electrons. The lowest BCUT2D eigenvalue weighted by Gasteiger charge is -2.25. The van der Waals surface area contributed by atoms with E-state index in [1.165, 1.54) is 16.9 Å². The van der Waals surface area contributed by atoms with E-state index in [2.05, 4.69) is 15.4 Å². The first-order valence-corrected chi connectivity index (χ1v) is 11.9. The van der Waals surface area contributed by atoms with Crippen molar-refractivity contribution in [3.8, 4) is 6.07 Å². The number of nitriles is 1. The minimum atomic E-state index is -2.06. The predicted molar refractivity (Wildman–Crippen MR) is 130 cm³/mol. The number of esters is 2. The van der Waals surface area contributed by atoms with Crippen LogP contribution in [0.25, 0.3) is 5.52 Å². The summed E-state index contributed by atoms with van der Waals surface area (Å²) in [6, 6.07) is 3.90. The number of anilines is 1. The van der Waals surface area contributed by atoms with E-state index in [-0.39, 0.29) is 17.4 Å². The van der Waals surface area contributed by atoms with Crippen LogP contribution in [0, 0.1) is 17.2 Å². The molecule has 1 aliphatic heterocycles. The molecule has 0 bridgehead atoms. The topological polar surface area (TPSA) is 200 Å². The van der Waals surface area contributed by atoms with Gasteiger partial charge < -0.3 is 35.1 Å². The van der Waals surface area contributed by atoms with Crippen molar-refractivity contribution in [2.75, 3.05) is 12.3 Å². The normalized spacial score (nSPS) is 24.0. The molecule has 1 fully saturated rings. The monoisotopic (exact) mass is 532 g/mol. The van der Waals surface area contributed by atoms with Crippen molar-refractivity contribution >= 4 is 29.4 Å². The fourth-order valence-corrected chi connectivity index (χ4v) is 4.05. The number of nitrogen functional groups attached to an aromatic ring is 1. The average molecular weight is 533 g/mol. The van der Waals surface area contributed by atoms with E-state index in [1.807, 2.05) is 6.07 Å². The van der Waals surface area contributed by atoms with E-state index in [1.54, 1.807) is 40.7 Å². The number of carbonyl (C=O) groups excluding carboxylic acids is 3. The van der Waals surface area contributed by atoms with Gasteiger partial charge in [0.25, 0.3) is 0 Å². The number of nitrogens with two attached hydrogens (primary N) is 1. The quantitative estimate of drug-likeness (QED) is 0.335. The highest BCUT2D eigenvalue weighted by Crippen LogP contribution is 2.41. The molecule has 0 saturated carbocycles. The Kier molecular flexibility index (Phi) is 8.13. The third-order valence-corrected chi connectivity index (χ3v) is 5.74. The van der Waals surface area contributed by atoms with Crippen LogP contribution in [0.1, 0.15) is 47.2 Å². The molecule has 1 amide bonds. The van der Waals surface area contributed by atoms with Crippen molar-refractivity contribution in [3.63, 3.8) is 0 Å². The Morgan fingerprint density at radius 2 is 2.03 bits per heavy atom. The summed E-state index contributed by atoms with van der Waals surface area (Å²) in [4.78, 5) is 40.9. The molecule has 38 heavy (non-hydrogen) atoms. The number of amides is 1. The van der Waals surface area contributed by atoms with Crippen LogP contribution in [-0.2, 0) is 34.1 Å². The van der Waals surface area contributed by atoms with Crippen molar-refractivity contribution in [3.05, 3.63) is 24.2 Å². The average Bonchev–Trinajstić information content (AvgIpc) is 3.35. The molecular weight excluding hydrogens is 500 g/mol. The number of alkyl carbamates (subject to hydrolysis) is 1. The fourth-order valence-electron chi connectivity index (χ4n) is 4.05. The summed E-state index contributed by atoms with van der Waals surface area (Å²) in [5.74, 6) is -1.80. The van der Waals surface area contributed by atoms with Crippen LogP contribution < -0.4 is 11.1 Å². The number of aromatic nitrogens is 3. The highest BCUT2D eigenvalue weighted by Gasteiger charge is 2.60. The van der Waals surface area contributed by atoms with E-state index in [4.69, 9.17) is 24.7 Å². The highest BCUT2D eigenvalue weighted by molar-refractivity contribution is 5.81. The smallest absolute Gasteiger partial charge is 0.408 e. The predicted octanol–water partition coefficient (Wildman–Crippen LogP) is 0.814. The molecule has 5 atom stereocenters. The minimum absolute atomic E-state index is 0.106. The first-order chi connectivity index (χ1) is 17.7. The van der Waals surface area contributed by atoms with Gasteiger partial charge in [0.2, 0.25) is 5.60 Å². The SMILES string of the molecule is CC(=O)O[C@H]1[C@@H](O)[C@](C#N)(c2ccc3c(N)ncnn23)O[C@@H]1COC(=O)[C@@H](NC(=O)OC(C)(C)C)C(C)C. The third kappa shape index (κ3) is 5.79. The third-order valence-electron chi connectivity index (χ3n) is 5.74. The number of aliphatic hydroxyl groups is 1. The Bertz CT molecular complexity index is 1250. The standard InChI is InChI=1S/C24H32N6O8/c1-12(2)17(29-22(34)38-23(4,5)6)21(33)35-9-15-18(36-13(3)31)19(32)24(10-25,37-15)16-8-7-14-20(26)27-11-28-30(14)16/h7-8,11-12,15,17-19,32H,9H2,1-6H3,(H,29,34)(H2,26,27,28)/t15-,17+,18-,19-,24+/m1/s1. The number of rotatable bonds is 7. The second kappa shape index (κ2) is 10.8. The number of nitrogens with one attached hydrogen (secondary N) is 1. The Morgan fingerprint density at radius 3 is 2.61 bits per heavy atom. The first kappa shape index (κ1) is 28.6. The van der Waals surface area contributed by atoms with Gasteiger partial charge in [-0.2, -0.15) is 10.4 Å². The number of hydrogen-bond acceptors (Lipinski definition) is 12. The number of nitrogens with zero attached hydrogens (tertiary/aromatic N) is 4. The summed E-state index contributed by atoms with van der Waals surface area (Å²) in [6.45, 7) is 9.08. The number of aliphatic hydroxyl groups excluding tert-OH is 1. The molecule has 0 aliphatic carbocycles. The molecule has 2 aromatic rings. The van der Waals surface area contributed by atoms with Gasteiger partial charge in [0.05, 0.1) is 5.69 Å². The summed E-state index contributed by atoms with van der Waals surface area (Å²) in [6.07, 6.45) is -3.93. The molecule has 2 aromatic heterocycles. The molecule has 14 nitrogen and oxygen atoms in total. The minimum Gasteiger partial charge on any atom is -0.461 e. The maximum atomic E-state index is 12.9. The van der Waals surface area contributed by atoms with Crippen LogP contribution in [0.2, 0.25) is 0 Å². The van der Waals surface area contributed by atoms with E-state index in [0.717, 1.165) is 6.92 Å². The zero-order valence-electron chi connectivity index (χ0n) is 22.0. The highest BCUT2D eigenvalue weighted by atomic mass is 16.6. The van der Waals surface area contributed by atoms with Crippen LogP contribution in [0.3, 0.4) is 0 Å². The van der Waals surface area contributed by atoms with Crippen molar-refractivity contribution in [2.24, 2.45) is 5.92 Å². The fraction of sp³-hybridized carbons (Fsp3) is 0.583. The lowest BCUT2D eigenvalue weighted by atomic mass is 9.92. The van der Waals surface area contributed by atoms with Crippen LogP contribution in [-0.4, -0.2) is 74.3 Å². The maximum Gasteiger partial charge on any atom is 0.408 e. The van der Waals surface area contributed by atoms with Gasteiger partial charge in [0, 0.05) is 6.92 Å². The molecule has 1 aliphatic rings. The Labute approximate surface area is 219 Å². The molecule has 206 valence electrons. The Hall–Kier alpha value is -3.96. The maximum absolute atomic E-state index is 12.9.